The number of ether oxygens (including phenoxy) is 1. The minimum atomic E-state index is -3.08. The number of hydrogen-bond donors (Lipinski definition) is 1. The normalized spacial score (nSPS) is 13.2. The lowest BCUT2D eigenvalue weighted by atomic mass is 10.0. The van der Waals surface area contributed by atoms with Gasteiger partial charge in [0.05, 0.1) is 12.4 Å². The Kier molecular flexibility index (Phi) is 5.08. The third-order valence-electron chi connectivity index (χ3n) is 4.29. The summed E-state index contributed by atoms with van der Waals surface area (Å²) in [5, 5.41) is 2.67. The number of carbonyl (C=O) groups excluding carboxylic acids is 1. The van der Waals surface area contributed by atoms with Gasteiger partial charge in [-0.05, 0) is 34.9 Å². The van der Waals surface area contributed by atoms with E-state index >= 15 is 0 Å². The van der Waals surface area contributed by atoms with Gasteiger partial charge in [0.15, 0.2) is 9.84 Å². The van der Waals surface area contributed by atoms with Crippen molar-refractivity contribution in [1.82, 2.24) is 5.32 Å². The molecule has 0 aliphatic carbocycles. The lowest BCUT2D eigenvalue weighted by molar-refractivity contribution is 0.0956. The van der Waals surface area contributed by atoms with Crippen molar-refractivity contribution in [1.29, 1.82) is 0 Å². The van der Waals surface area contributed by atoms with Crippen LogP contribution in [0.4, 0.5) is 0 Å². The van der Waals surface area contributed by atoms with Crippen LogP contribution in [0.1, 0.15) is 22.8 Å². The fourth-order valence-corrected chi connectivity index (χ4v) is 3.45. The van der Waals surface area contributed by atoms with E-state index in [4.69, 9.17) is 4.74 Å². The minimum absolute atomic E-state index is 0.0446. The molecule has 0 fully saturated rings. The van der Waals surface area contributed by atoms with Gasteiger partial charge in [-0.25, -0.2) is 8.42 Å². The molecule has 0 saturated heterocycles. The molecule has 1 heterocycles. The second kappa shape index (κ2) is 7.27. The molecule has 5 nitrogen and oxygen atoms in total. The van der Waals surface area contributed by atoms with Gasteiger partial charge in [-0.2, -0.15) is 0 Å². The second-order valence-electron chi connectivity index (χ2n) is 5.99. The predicted octanol–water partition coefficient (Wildman–Crippen LogP) is 2.45. The maximum Gasteiger partial charge on any atom is 0.251 e. The molecule has 1 aliphatic heterocycles. The van der Waals surface area contributed by atoms with Crippen molar-refractivity contribution in [2.75, 3.05) is 24.7 Å². The summed E-state index contributed by atoms with van der Waals surface area (Å²) in [6, 6.07) is 13.4. The van der Waals surface area contributed by atoms with E-state index in [1.165, 1.54) is 5.56 Å². The third kappa shape index (κ3) is 4.20. The average molecular weight is 359 g/mol. The van der Waals surface area contributed by atoms with Crippen LogP contribution in [0.5, 0.6) is 5.75 Å². The maximum absolute atomic E-state index is 12.3. The fourth-order valence-electron chi connectivity index (χ4n) is 2.75. The first-order valence-corrected chi connectivity index (χ1v) is 10.2. The van der Waals surface area contributed by atoms with E-state index in [2.05, 4.69) is 11.4 Å². The van der Waals surface area contributed by atoms with E-state index in [-0.39, 0.29) is 24.0 Å². The van der Waals surface area contributed by atoms with Crippen molar-refractivity contribution >= 4 is 15.7 Å². The summed E-state index contributed by atoms with van der Waals surface area (Å²) >= 11 is 0. The van der Waals surface area contributed by atoms with Crippen LogP contribution in [-0.2, 0) is 16.3 Å². The summed E-state index contributed by atoms with van der Waals surface area (Å²) in [5.41, 5.74) is 3.62. The van der Waals surface area contributed by atoms with Gasteiger partial charge >= 0.3 is 0 Å². The quantitative estimate of drug-likeness (QED) is 0.860. The minimum Gasteiger partial charge on any atom is -0.493 e. The average Bonchev–Trinajstić information content (AvgIpc) is 3.09. The smallest absolute Gasteiger partial charge is 0.251 e. The molecule has 3 rings (SSSR count). The highest BCUT2D eigenvalue weighted by atomic mass is 32.2. The number of rotatable bonds is 6. The van der Waals surface area contributed by atoms with Gasteiger partial charge in [0.2, 0.25) is 0 Å². The first-order valence-electron chi connectivity index (χ1n) is 8.33. The molecule has 132 valence electrons. The van der Waals surface area contributed by atoms with Gasteiger partial charge in [-0.3, -0.25) is 4.79 Å². The molecule has 1 aliphatic rings. The highest BCUT2D eigenvalue weighted by Crippen LogP contribution is 2.31. The molecule has 2 aromatic carbocycles. The molecule has 0 aromatic heterocycles. The molecule has 0 atom stereocenters. The number of sulfone groups is 1. The van der Waals surface area contributed by atoms with Crippen LogP contribution in [0.3, 0.4) is 0 Å². The highest BCUT2D eigenvalue weighted by Gasteiger charge is 2.14. The van der Waals surface area contributed by atoms with Gasteiger partial charge in [0.1, 0.15) is 5.75 Å². The number of nitrogens with one attached hydrogen (secondary N) is 1. The predicted molar refractivity (Wildman–Crippen MR) is 97.7 cm³/mol. The van der Waals surface area contributed by atoms with Gasteiger partial charge < -0.3 is 10.1 Å². The van der Waals surface area contributed by atoms with E-state index in [0.29, 0.717) is 12.2 Å². The Morgan fingerprint density at radius 1 is 1.16 bits per heavy atom. The molecule has 0 spiro atoms. The Bertz CT molecular complexity index is 890. The maximum atomic E-state index is 12.3. The summed E-state index contributed by atoms with van der Waals surface area (Å²) in [4.78, 5) is 12.3. The monoisotopic (exact) mass is 359 g/mol. The molecule has 6 heteroatoms. The summed E-state index contributed by atoms with van der Waals surface area (Å²) in [6.45, 7) is 2.43. The van der Waals surface area contributed by atoms with E-state index in [1.807, 2.05) is 24.3 Å². The Balaban J connectivity index is 1.72. The molecule has 1 N–H and O–H groups in total. The van der Waals surface area contributed by atoms with Crippen molar-refractivity contribution in [3.63, 3.8) is 0 Å². The lowest BCUT2D eigenvalue weighted by Gasteiger charge is -2.08. The standard InChI is InChI=1S/C19H21NO4S/c1-2-25(22,23)11-9-20-19(21)17-5-3-4-15(12-17)16-7-6-14-8-10-24-18(14)13-16/h3-7,12-13H,2,8-11H2,1H3,(H,20,21). The number of carbonyl (C=O) groups is 1. The zero-order valence-corrected chi connectivity index (χ0v) is 14.9. The van der Waals surface area contributed by atoms with Crippen LogP contribution < -0.4 is 10.1 Å². The van der Waals surface area contributed by atoms with Crippen molar-refractivity contribution < 1.29 is 17.9 Å². The van der Waals surface area contributed by atoms with Crippen LogP contribution in [0, 0.1) is 0 Å². The Morgan fingerprint density at radius 2 is 1.96 bits per heavy atom. The van der Waals surface area contributed by atoms with Crippen molar-refractivity contribution in [2.24, 2.45) is 0 Å². The fraction of sp³-hybridized carbons (Fsp3) is 0.316. The molecule has 0 bridgehead atoms. The number of fused-ring (bicyclic) bond motifs is 1. The van der Waals surface area contributed by atoms with Crippen molar-refractivity contribution in [2.45, 2.75) is 13.3 Å². The zero-order valence-electron chi connectivity index (χ0n) is 14.1. The van der Waals surface area contributed by atoms with E-state index in [9.17, 15) is 13.2 Å². The first-order chi connectivity index (χ1) is 12.0. The van der Waals surface area contributed by atoms with Gasteiger partial charge in [-0.15, -0.1) is 0 Å². The van der Waals surface area contributed by atoms with Crippen LogP contribution in [-0.4, -0.2) is 39.0 Å². The number of amides is 1. The van der Waals surface area contributed by atoms with Crippen LogP contribution >= 0.6 is 0 Å². The lowest BCUT2D eigenvalue weighted by Crippen LogP contribution is -2.29. The molecule has 1 amide bonds. The molecular formula is C19H21NO4S. The molecule has 2 aromatic rings. The Hall–Kier alpha value is -2.34. The van der Waals surface area contributed by atoms with Gasteiger partial charge in [-0.1, -0.05) is 31.2 Å². The van der Waals surface area contributed by atoms with E-state index < -0.39 is 9.84 Å². The SMILES string of the molecule is CCS(=O)(=O)CCNC(=O)c1cccc(-c2ccc3c(c2)OCC3)c1. The topological polar surface area (TPSA) is 72.5 Å². The number of hydrogen-bond acceptors (Lipinski definition) is 4. The van der Waals surface area contributed by atoms with E-state index in [1.54, 1.807) is 19.1 Å². The van der Waals surface area contributed by atoms with Crippen molar-refractivity contribution in [3.05, 3.63) is 53.6 Å². The van der Waals surface area contributed by atoms with Gasteiger partial charge in [0, 0.05) is 24.3 Å². The van der Waals surface area contributed by atoms with Crippen LogP contribution in [0.2, 0.25) is 0 Å². The van der Waals surface area contributed by atoms with Gasteiger partial charge in [0.25, 0.3) is 5.91 Å². The molecule has 0 saturated carbocycles. The van der Waals surface area contributed by atoms with Crippen LogP contribution in [0.15, 0.2) is 42.5 Å². The van der Waals surface area contributed by atoms with Crippen LogP contribution in [0.25, 0.3) is 11.1 Å². The summed E-state index contributed by atoms with van der Waals surface area (Å²) in [5.74, 6) is 0.665. The summed E-state index contributed by atoms with van der Waals surface area (Å²) < 4.78 is 28.6. The molecule has 0 unspecified atom stereocenters. The first kappa shape index (κ1) is 17.5. The van der Waals surface area contributed by atoms with Crippen molar-refractivity contribution in [3.8, 4) is 16.9 Å². The Morgan fingerprint density at radius 3 is 2.76 bits per heavy atom. The summed E-state index contributed by atoms with van der Waals surface area (Å²) in [6.07, 6.45) is 0.929. The zero-order chi connectivity index (χ0) is 17.9. The largest absolute Gasteiger partial charge is 0.493 e. The van der Waals surface area contributed by atoms with E-state index in [0.717, 1.165) is 23.3 Å². The molecule has 25 heavy (non-hydrogen) atoms. The summed E-state index contributed by atoms with van der Waals surface area (Å²) in [7, 11) is -3.08. The molecular weight excluding hydrogens is 338 g/mol. The number of benzene rings is 2. The Labute approximate surface area is 147 Å². The second-order valence-corrected chi connectivity index (χ2v) is 8.47. The molecule has 0 radical (unpaired) electrons. The highest BCUT2D eigenvalue weighted by molar-refractivity contribution is 7.91. The third-order valence-corrected chi connectivity index (χ3v) is 6.00.